The van der Waals surface area contributed by atoms with E-state index in [1.807, 2.05) is 4.68 Å². The summed E-state index contributed by atoms with van der Waals surface area (Å²) < 4.78 is 13.4. The van der Waals surface area contributed by atoms with Gasteiger partial charge in [-0.2, -0.15) is 0 Å². The maximum Gasteiger partial charge on any atom is 0.234 e. The standard InChI is InChI=1S/C22H37N5O4/c28-16-21-19(23-22(29)15-26-10-12-30-13-11-26)7-6-18(31-21)8-9-27-14-20(24-25-27)17-4-2-1-3-5-17/h14,17-19,21,28H,1-13,15-16H2,(H,23,29)/t18-,19-,21-/m0/s1. The first-order chi connectivity index (χ1) is 15.2. The van der Waals surface area contributed by atoms with Crippen LogP contribution in [0.15, 0.2) is 6.20 Å². The minimum absolute atomic E-state index is 0.00902. The van der Waals surface area contributed by atoms with Crippen LogP contribution in [0.4, 0.5) is 0 Å². The zero-order valence-corrected chi connectivity index (χ0v) is 18.5. The Morgan fingerprint density at radius 2 is 1.97 bits per heavy atom. The third-order valence-electron chi connectivity index (χ3n) is 6.87. The summed E-state index contributed by atoms with van der Waals surface area (Å²) in [5, 5.41) is 21.6. The van der Waals surface area contributed by atoms with Gasteiger partial charge in [0.1, 0.15) is 6.10 Å². The van der Waals surface area contributed by atoms with Crippen LogP contribution in [0.5, 0.6) is 0 Å². The molecule has 0 bridgehead atoms. The van der Waals surface area contributed by atoms with E-state index in [0.717, 1.165) is 44.6 Å². The van der Waals surface area contributed by atoms with Gasteiger partial charge >= 0.3 is 0 Å². The summed E-state index contributed by atoms with van der Waals surface area (Å²) in [4.78, 5) is 14.5. The molecule has 0 aromatic carbocycles. The summed E-state index contributed by atoms with van der Waals surface area (Å²) in [6, 6.07) is -0.140. The summed E-state index contributed by atoms with van der Waals surface area (Å²) in [5.41, 5.74) is 1.13. The molecule has 1 aromatic heterocycles. The van der Waals surface area contributed by atoms with Crippen LogP contribution in [0, 0.1) is 0 Å². The average molecular weight is 436 g/mol. The molecule has 3 aliphatic rings. The second-order valence-corrected chi connectivity index (χ2v) is 9.15. The summed E-state index contributed by atoms with van der Waals surface area (Å²) in [7, 11) is 0. The quantitative estimate of drug-likeness (QED) is 0.630. The lowest BCUT2D eigenvalue weighted by molar-refractivity contribution is -0.130. The molecule has 0 unspecified atom stereocenters. The number of aliphatic hydroxyl groups excluding tert-OH is 1. The largest absolute Gasteiger partial charge is 0.394 e. The van der Waals surface area contributed by atoms with E-state index in [1.165, 1.54) is 32.1 Å². The van der Waals surface area contributed by atoms with Crippen LogP contribution < -0.4 is 5.32 Å². The lowest BCUT2D eigenvalue weighted by atomic mass is 9.87. The van der Waals surface area contributed by atoms with E-state index < -0.39 is 0 Å². The number of hydrogen-bond acceptors (Lipinski definition) is 7. The molecule has 3 fully saturated rings. The van der Waals surface area contributed by atoms with Crippen molar-refractivity contribution in [2.24, 2.45) is 0 Å². The van der Waals surface area contributed by atoms with Crippen molar-refractivity contribution in [3.05, 3.63) is 11.9 Å². The second kappa shape index (κ2) is 11.4. The summed E-state index contributed by atoms with van der Waals surface area (Å²) in [6.07, 6.45) is 10.7. The van der Waals surface area contributed by atoms with Crippen molar-refractivity contribution in [2.45, 2.75) is 82.1 Å². The number of ether oxygens (including phenoxy) is 2. The SMILES string of the molecule is O=C(CN1CCOCC1)N[C@H]1CC[C@@H](CCn2cc(C3CCCCC3)nn2)O[C@H]1CO. The molecule has 174 valence electrons. The number of carbonyl (C=O) groups excluding carboxylic acids is 1. The molecule has 9 heteroatoms. The van der Waals surface area contributed by atoms with Crippen LogP contribution >= 0.6 is 0 Å². The molecule has 2 N–H and O–H groups in total. The fraction of sp³-hybridized carbons (Fsp3) is 0.864. The Balaban J connectivity index is 1.20. The first-order valence-electron chi connectivity index (χ1n) is 12.0. The van der Waals surface area contributed by atoms with Gasteiger partial charge in [-0.25, -0.2) is 0 Å². The van der Waals surface area contributed by atoms with Crippen LogP contribution in [-0.4, -0.2) is 88.6 Å². The van der Waals surface area contributed by atoms with E-state index >= 15 is 0 Å². The number of morpholine rings is 1. The van der Waals surface area contributed by atoms with Crippen molar-refractivity contribution >= 4 is 5.91 Å². The van der Waals surface area contributed by atoms with Gasteiger partial charge in [0.25, 0.3) is 0 Å². The zero-order chi connectivity index (χ0) is 21.5. The number of amides is 1. The molecule has 1 aliphatic carbocycles. The van der Waals surface area contributed by atoms with Gasteiger partial charge in [-0.3, -0.25) is 14.4 Å². The molecule has 1 saturated carbocycles. The Morgan fingerprint density at radius 1 is 1.16 bits per heavy atom. The van der Waals surface area contributed by atoms with Gasteiger partial charge in [-0.05, 0) is 32.1 Å². The Hall–Kier alpha value is -1.55. The molecule has 0 spiro atoms. The zero-order valence-electron chi connectivity index (χ0n) is 18.5. The minimum Gasteiger partial charge on any atom is -0.394 e. The monoisotopic (exact) mass is 435 g/mol. The van der Waals surface area contributed by atoms with Crippen molar-refractivity contribution in [3.8, 4) is 0 Å². The van der Waals surface area contributed by atoms with E-state index in [1.54, 1.807) is 0 Å². The number of nitrogens with one attached hydrogen (secondary N) is 1. The molecule has 1 amide bonds. The maximum absolute atomic E-state index is 12.4. The number of hydrogen-bond donors (Lipinski definition) is 2. The number of nitrogens with zero attached hydrogens (tertiary/aromatic N) is 4. The van der Waals surface area contributed by atoms with Crippen molar-refractivity contribution < 1.29 is 19.4 Å². The molecular formula is C22H37N5O4. The van der Waals surface area contributed by atoms with E-state index in [-0.39, 0.29) is 30.8 Å². The Kier molecular flexibility index (Phi) is 8.29. The third kappa shape index (κ3) is 6.47. The molecule has 0 radical (unpaired) electrons. The highest BCUT2D eigenvalue weighted by Gasteiger charge is 2.32. The molecule has 4 rings (SSSR count). The summed E-state index contributed by atoms with van der Waals surface area (Å²) in [5.74, 6) is 0.555. The first kappa shape index (κ1) is 22.6. The van der Waals surface area contributed by atoms with Gasteiger partial charge in [0.15, 0.2) is 0 Å². The molecule has 3 heterocycles. The van der Waals surface area contributed by atoms with Crippen molar-refractivity contribution in [1.29, 1.82) is 0 Å². The van der Waals surface area contributed by atoms with Crippen LogP contribution in [0.2, 0.25) is 0 Å². The van der Waals surface area contributed by atoms with Gasteiger partial charge < -0.3 is 19.9 Å². The van der Waals surface area contributed by atoms with E-state index in [0.29, 0.717) is 25.7 Å². The summed E-state index contributed by atoms with van der Waals surface area (Å²) in [6.45, 7) is 3.96. The predicted molar refractivity (Wildman–Crippen MR) is 115 cm³/mol. The van der Waals surface area contributed by atoms with Crippen LogP contribution in [-0.2, 0) is 20.8 Å². The van der Waals surface area contributed by atoms with Crippen LogP contribution in [0.25, 0.3) is 0 Å². The second-order valence-electron chi connectivity index (χ2n) is 9.15. The molecule has 3 atom stereocenters. The number of aryl methyl sites for hydroxylation is 1. The smallest absolute Gasteiger partial charge is 0.234 e. The van der Waals surface area contributed by atoms with E-state index in [2.05, 4.69) is 26.7 Å². The van der Waals surface area contributed by atoms with Gasteiger partial charge in [0.05, 0.1) is 44.2 Å². The predicted octanol–water partition coefficient (Wildman–Crippen LogP) is 1.07. The molecule has 1 aromatic rings. The molecule has 2 saturated heterocycles. The average Bonchev–Trinajstić information content (AvgIpc) is 3.29. The van der Waals surface area contributed by atoms with Crippen molar-refractivity contribution in [3.63, 3.8) is 0 Å². The molecule has 31 heavy (non-hydrogen) atoms. The van der Waals surface area contributed by atoms with Gasteiger partial charge in [0, 0.05) is 31.7 Å². The summed E-state index contributed by atoms with van der Waals surface area (Å²) >= 11 is 0. The number of aromatic nitrogens is 3. The topological polar surface area (TPSA) is 102 Å². The van der Waals surface area contributed by atoms with Crippen LogP contribution in [0.3, 0.4) is 0 Å². The fourth-order valence-electron chi connectivity index (χ4n) is 5.01. The molecular weight excluding hydrogens is 398 g/mol. The van der Waals surface area contributed by atoms with E-state index in [9.17, 15) is 9.90 Å². The minimum atomic E-state index is -0.360. The normalized spacial score (nSPS) is 28.5. The number of rotatable bonds is 8. The van der Waals surface area contributed by atoms with Crippen molar-refractivity contribution in [1.82, 2.24) is 25.2 Å². The Bertz CT molecular complexity index is 687. The van der Waals surface area contributed by atoms with Crippen LogP contribution in [0.1, 0.15) is 63.0 Å². The number of aliphatic hydroxyl groups is 1. The van der Waals surface area contributed by atoms with Gasteiger partial charge in [-0.1, -0.05) is 24.5 Å². The first-order valence-corrected chi connectivity index (χ1v) is 12.0. The highest BCUT2D eigenvalue weighted by atomic mass is 16.5. The van der Waals surface area contributed by atoms with Gasteiger partial charge in [0.2, 0.25) is 5.91 Å². The van der Waals surface area contributed by atoms with Gasteiger partial charge in [-0.15, -0.1) is 5.10 Å². The fourth-order valence-corrected chi connectivity index (χ4v) is 5.01. The lowest BCUT2D eigenvalue weighted by Gasteiger charge is -2.36. The number of carbonyl (C=O) groups is 1. The highest BCUT2D eigenvalue weighted by Crippen LogP contribution is 2.31. The Labute approximate surface area is 184 Å². The highest BCUT2D eigenvalue weighted by molar-refractivity contribution is 5.78. The van der Waals surface area contributed by atoms with Crippen molar-refractivity contribution in [2.75, 3.05) is 39.5 Å². The molecule has 2 aliphatic heterocycles. The third-order valence-corrected chi connectivity index (χ3v) is 6.87. The maximum atomic E-state index is 12.4. The molecule has 9 nitrogen and oxygen atoms in total. The van der Waals surface area contributed by atoms with E-state index in [4.69, 9.17) is 9.47 Å². The lowest BCUT2D eigenvalue weighted by Crippen LogP contribution is -2.53. The Morgan fingerprint density at radius 3 is 2.74 bits per heavy atom.